The molecule has 0 saturated carbocycles. The summed E-state index contributed by atoms with van der Waals surface area (Å²) < 4.78 is 0. The molecule has 0 saturated heterocycles. The van der Waals surface area contributed by atoms with E-state index in [1.165, 1.54) is 70.6 Å². The third-order valence-electron chi connectivity index (χ3n) is 4.24. The Morgan fingerprint density at radius 3 is 1.64 bits per heavy atom. The molecule has 1 heteroatoms. The molecule has 0 radical (unpaired) electrons. The summed E-state index contributed by atoms with van der Waals surface area (Å²) in [7, 11) is 0. The van der Waals surface area contributed by atoms with Crippen molar-refractivity contribution in [2.75, 3.05) is 0 Å². The molecule has 0 aliphatic rings. The Balaban J connectivity index is 3.12. The average Bonchev–Trinajstić information content (AvgIpc) is 2.52. The van der Waals surface area contributed by atoms with Gasteiger partial charge in [0.05, 0.1) is 0 Å². The van der Waals surface area contributed by atoms with Crippen molar-refractivity contribution in [2.24, 2.45) is 0 Å². The Bertz CT molecular complexity index is 295. The molecule has 0 spiro atoms. The van der Waals surface area contributed by atoms with Gasteiger partial charge < -0.3 is 0 Å². The van der Waals surface area contributed by atoms with Gasteiger partial charge >= 0.3 is 0 Å². The van der Waals surface area contributed by atoms with Crippen molar-refractivity contribution in [3.8, 4) is 11.8 Å². The molecule has 0 aromatic heterocycles. The van der Waals surface area contributed by atoms with E-state index in [-0.39, 0.29) is 0 Å². The van der Waals surface area contributed by atoms with E-state index in [0.717, 1.165) is 32.1 Å². The van der Waals surface area contributed by atoms with Crippen molar-refractivity contribution in [3.05, 3.63) is 0 Å². The molecule has 1 nitrogen and oxygen atoms in total. The van der Waals surface area contributed by atoms with E-state index in [2.05, 4.69) is 18.8 Å². The normalized spacial score (nSPS) is 10.3. The lowest BCUT2D eigenvalue weighted by Gasteiger charge is -2.03. The first-order valence-corrected chi connectivity index (χ1v) is 9.72. The van der Waals surface area contributed by atoms with E-state index < -0.39 is 0 Å². The summed E-state index contributed by atoms with van der Waals surface area (Å²) in [5.41, 5.74) is 0. The van der Waals surface area contributed by atoms with Gasteiger partial charge in [0.1, 0.15) is 5.78 Å². The highest BCUT2D eigenvalue weighted by molar-refractivity contribution is 5.78. The van der Waals surface area contributed by atoms with Crippen LogP contribution in [0.1, 0.15) is 117 Å². The lowest BCUT2D eigenvalue weighted by atomic mass is 10.0. The van der Waals surface area contributed by atoms with Crippen LogP contribution in [-0.2, 0) is 4.79 Å². The van der Waals surface area contributed by atoms with Gasteiger partial charge in [0.15, 0.2) is 0 Å². The molecule has 0 atom stereocenters. The maximum Gasteiger partial charge on any atom is 0.132 e. The third kappa shape index (κ3) is 17.3. The van der Waals surface area contributed by atoms with Gasteiger partial charge in [-0.25, -0.2) is 0 Å². The zero-order valence-corrected chi connectivity index (χ0v) is 15.2. The van der Waals surface area contributed by atoms with Crippen LogP contribution in [0.25, 0.3) is 0 Å². The summed E-state index contributed by atoms with van der Waals surface area (Å²) in [5.74, 6) is 6.56. The Morgan fingerprint density at radius 2 is 1.14 bits per heavy atom. The Hall–Kier alpha value is -0.770. The van der Waals surface area contributed by atoms with E-state index in [1.807, 2.05) is 6.92 Å². The number of ketones is 1. The van der Waals surface area contributed by atoms with E-state index >= 15 is 0 Å². The number of hydrogen-bond donors (Lipinski definition) is 0. The predicted octanol–water partition coefficient (Wildman–Crippen LogP) is 6.84. The zero-order valence-electron chi connectivity index (χ0n) is 15.2. The minimum Gasteiger partial charge on any atom is -0.300 e. The summed E-state index contributed by atoms with van der Waals surface area (Å²) in [6.45, 7) is 4.13. The van der Waals surface area contributed by atoms with Gasteiger partial charge in [0.2, 0.25) is 0 Å². The monoisotopic (exact) mass is 306 g/mol. The number of unbranched alkanes of at least 4 members (excludes halogenated alkanes) is 12. The van der Waals surface area contributed by atoms with Gasteiger partial charge in [-0.3, -0.25) is 4.79 Å². The quantitative estimate of drug-likeness (QED) is 0.225. The SMILES string of the molecule is CC#CCCCCCCCCCCCC(=O)CCCCCC. The fraction of sp³-hybridized carbons (Fsp3) is 0.857. The number of rotatable bonds is 16. The zero-order chi connectivity index (χ0) is 16.3. The summed E-state index contributed by atoms with van der Waals surface area (Å²) in [6.07, 6.45) is 19.3. The number of carbonyl (C=O) groups excluding carboxylic acids is 1. The molecule has 0 aliphatic carbocycles. The minimum atomic E-state index is 0.492. The second-order valence-corrected chi connectivity index (χ2v) is 6.46. The highest BCUT2D eigenvalue weighted by Gasteiger charge is 2.01. The number of Topliss-reactive ketones (excluding diaryl/α,β-unsaturated/α-hetero) is 1. The van der Waals surface area contributed by atoms with Gasteiger partial charge in [-0.05, 0) is 26.2 Å². The van der Waals surface area contributed by atoms with Gasteiger partial charge in [0, 0.05) is 19.3 Å². The first-order valence-electron chi connectivity index (χ1n) is 9.72. The number of carbonyl (C=O) groups is 1. The molecule has 0 bridgehead atoms. The van der Waals surface area contributed by atoms with Crippen LogP contribution in [0.2, 0.25) is 0 Å². The van der Waals surface area contributed by atoms with Gasteiger partial charge in [-0.15, -0.1) is 11.8 Å². The first-order chi connectivity index (χ1) is 10.8. The van der Waals surface area contributed by atoms with Crippen molar-refractivity contribution in [3.63, 3.8) is 0 Å². The van der Waals surface area contributed by atoms with Crippen LogP contribution in [0.5, 0.6) is 0 Å². The molecule has 0 aromatic rings. The Morgan fingerprint density at radius 1 is 0.682 bits per heavy atom. The molecule has 0 aliphatic heterocycles. The first kappa shape index (κ1) is 21.2. The summed E-state index contributed by atoms with van der Waals surface area (Å²) >= 11 is 0. The molecule has 0 rings (SSSR count). The summed E-state index contributed by atoms with van der Waals surface area (Å²) in [4.78, 5) is 11.7. The minimum absolute atomic E-state index is 0.492. The molecule has 0 heterocycles. The molecule has 0 fully saturated rings. The van der Waals surface area contributed by atoms with Crippen molar-refractivity contribution in [2.45, 2.75) is 117 Å². The lowest BCUT2D eigenvalue weighted by Crippen LogP contribution is -1.97. The maximum atomic E-state index is 11.7. The average molecular weight is 307 g/mol. The molecular weight excluding hydrogens is 268 g/mol. The van der Waals surface area contributed by atoms with Crippen LogP contribution in [0.3, 0.4) is 0 Å². The molecule has 0 amide bonds. The Labute approximate surface area is 139 Å². The molecule has 0 N–H and O–H groups in total. The van der Waals surface area contributed by atoms with Crippen molar-refractivity contribution >= 4 is 5.78 Å². The molecule has 22 heavy (non-hydrogen) atoms. The van der Waals surface area contributed by atoms with Crippen LogP contribution in [0.4, 0.5) is 0 Å². The molecule has 0 aromatic carbocycles. The smallest absolute Gasteiger partial charge is 0.132 e. The topological polar surface area (TPSA) is 17.1 Å². The molecule has 128 valence electrons. The van der Waals surface area contributed by atoms with E-state index in [0.29, 0.717) is 5.78 Å². The van der Waals surface area contributed by atoms with Gasteiger partial charge in [-0.1, -0.05) is 71.1 Å². The molecular formula is C21H38O. The fourth-order valence-corrected chi connectivity index (χ4v) is 2.77. The van der Waals surface area contributed by atoms with Crippen LogP contribution in [0.15, 0.2) is 0 Å². The van der Waals surface area contributed by atoms with E-state index in [4.69, 9.17) is 0 Å². The second kappa shape index (κ2) is 18.3. The fourth-order valence-electron chi connectivity index (χ4n) is 2.77. The standard InChI is InChI=1S/C21H38O/c1-3-5-7-9-10-11-12-13-14-15-16-18-20-21(22)19-17-8-6-4-2/h4,6-20H2,1-2H3. The Kier molecular flexibility index (Phi) is 17.6. The molecule has 0 unspecified atom stereocenters. The predicted molar refractivity (Wildman–Crippen MR) is 98.0 cm³/mol. The van der Waals surface area contributed by atoms with Crippen molar-refractivity contribution in [1.29, 1.82) is 0 Å². The summed E-state index contributed by atoms with van der Waals surface area (Å²) in [6, 6.07) is 0. The van der Waals surface area contributed by atoms with Gasteiger partial charge in [-0.2, -0.15) is 0 Å². The highest BCUT2D eigenvalue weighted by atomic mass is 16.1. The summed E-state index contributed by atoms with van der Waals surface area (Å²) in [5, 5.41) is 0. The van der Waals surface area contributed by atoms with Gasteiger partial charge in [0.25, 0.3) is 0 Å². The van der Waals surface area contributed by atoms with Crippen LogP contribution in [0, 0.1) is 11.8 Å². The van der Waals surface area contributed by atoms with E-state index in [1.54, 1.807) is 0 Å². The van der Waals surface area contributed by atoms with Crippen LogP contribution < -0.4 is 0 Å². The van der Waals surface area contributed by atoms with Crippen molar-refractivity contribution in [1.82, 2.24) is 0 Å². The van der Waals surface area contributed by atoms with Crippen molar-refractivity contribution < 1.29 is 4.79 Å². The lowest BCUT2D eigenvalue weighted by molar-refractivity contribution is -0.119. The largest absolute Gasteiger partial charge is 0.300 e. The van der Waals surface area contributed by atoms with Crippen LogP contribution in [-0.4, -0.2) is 5.78 Å². The van der Waals surface area contributed by atoms with E-state index in [9.17, 15) is 4.79 Å². The van der Waals surface area contributed by atoms with Crippen LogP contribution >= 0.6 is 0 Å². The maximum absolute atomic E-state index is 11.7. The second-order valence-electron chi connectivity index (χ2n) is 6.46. The third-order valence-corrected chi connectivity index (χ3v) is 4.24. The highest BCUT2D eigenvalue weighted by Crippen LogP contribution is 2.12. The number of hydrogen-bond acceptors (Lipinski definition) is 1.